The Kier molecular flexibility index (Phi) is 11.3. The standard InChI is InChI=1S/C34H30N6O10S2/c1-47-29(43)23-21(24(30(44)48-2)36-33(51)35-23)27(41)17-5-9-19(10-6-17)39-13-15-40(16-14-39)20-11-7-18(8-12-20)28(42)22-25(31(45)49-3)37-34(52)38-26(22)32(46)50-4/h5-12H,13-16H2,1-4H3,(H,35,36,51)(H,37,38,52). The number of nitrogens with zero attached hydrogens (tertiary/aromatic N) is 4. The Hall–Kier alpha value is -6.14. The number of aromatic nitrogens is 4. The number of hydrogen-bond acceptors (Lipinski definition) is 16. The highest BCUT2D eigenvalue weighted by atomic mass is 32.1. The fraction of sp³-hybridized carbons (Fsp3) is 0.235. The molecule has 3 heterocycles. The summed E-state index contributed by atoms with van der Waals surface area (Å²) in [5.41, 5.74) is -0.0491. The normalized spacial score (nSPS) is 12.5. The van der Waals surface area contributed by atoms with Gasteiger partial charge in [0.2, 0.25) is 0 Å². The molecule has 16 nitrogen and oxygen atoms in total. The van der Waals surface area contributed by atoms with Gasteiger partial charge in [-0.3, -0.25) is 9.59 Å². The van der Waals surface area contributed by atoms with Crippen molar-refractivity contribution in [3.05, 3.63) is 103 Å². The zero-order chi connectivity index (χ0) is 37.7. The van der Waals surface area contributed by atoms with Crippen LogP contribution in [0.3, 0.4) is 0 Å². The first-order valence-electron chi connectivity index (χ1n) is 15.3. The fourth-order valence-electron chi connectivity index (χ4n) is 5.55. The number of piperazine rings is 1. The maximum absolute atomic E-state index is 13.6. The van der Waals surface area contributed by atoms with Crippen molar-refractivity contribution in [1.29, 1.82) is 0 Å². The van der Waals surface area contributed by atoms with Gasteiger partial charge in [0.25, 0.3) is 0 Å². The zero-order valence-electron chi connectivity index (χ0n) is 28.1. The Morgan fingerprint density at radius 3 is 1.13 bits per heavy atom. The molecule has 0 amide bonds. The molecule has 0 aliphatic carbocycles. The number of carbonyl (C=O) groups excluding carboxylic acids is 6. The van der Waals surface area contributed by atoms with Gasteiger partial charge < -0.3 is 38.7 Å². The molecule has 0 atom stereocenters. The number of methoxy groups -OCH3 is 4. The van der Waals surface area contributed by atoms with Gasteiger partial charge in [-0.15, -0.1) is 0 Å². The van der Waals surface area contributed by atoms with Crippen LogP contribution < -0.4 is 9.80 Å². The van der Waals surface area contributed by atoms with Crippen LogP contribution in [0.1, 0.15) is 73.8 Å². The largest absolute Gasteiger partial charge is 0.464 e. The molecule has 5 rings (SSSR count). The maximum atomic E-state index is 13.6. The van der Waals surface area contributed by atoms with E-state index < -0.39 is 46.8 Å². The van der Waals surface area contributed by atoms with Gasteiger partial charge in [0.15, 0.2) is 32.5 Å². The number of aromatic amines is 2. The van der Waals surface area contributed by atoms with E-state index in [4.69, 9.17) is 43.4 Å². The molecule has 2 aromatic heterocycles. The first kappa shape index (κ1) is 37.1. The molecule has 4 aromatic rings. The number of benzene rings is 2. The molecule has 0 saturated carbocycles. The summed E-state index contributed by atoms with van der Waals surface area (Å²) in [5.74, 6) is -5.01. The average molecular weight is 747 g/mol. The molecule has 1 fully saturated rings. The highest BCUT2D eigenvalue weighted by molar-refractivity contribution is 7.71. The number of rotatable bonds is 10. The van der Waals surface area contributed by atoms with E-state index in [2.05, 4.69) is 29.7 Å². The quantitative estimate of drug-likeness (QED) is 0.103. The lowest BCUT2D eigenvalue weighted by Gasteiger charge is -2.37. The van der Waals surface area contributed by atoms with Gasteiger partial charge in [0.05, 0.1) is 39.6 Å². The molecule has 2 aromatic carbocycles. The highest BCUT2D eigenvalue weighted by Crippen LogP contribution is 2.25. The van der Waals surface area contributed by atoms with Crippen molar-refractivity contribution in [3.8, 4) is 0 Å². The molecule has 268 valence electrons. The van der Waals surface area contributed by atoms with E-state index in [0.717, 1.165) is 39.8 Å². The lowest BCUT2D eigenvalue weighted by Crippen LogP contribution is -2.46. The number of anilines is 2. The van der Waals surface area contributed by atoms with Crippen molar-refractivity contribution < 1.29 is 47.7 Å². The Morgan fingerprint density at radius 1 is 0.538 bits per heavy atom. The molecular weight excluding hydrogens is 717 g/mol. The van der Waals surface area contributed by atoms with E-state index in [1.54, 1.807) is 48.5 Å². The number of esters is 4. The van der Waals surface area contributed by atoms with E-state index in [0.29, 0.717) is 26.2 Å². The number of ketones is 2. The van der Waals surface area contributed by atoms with Gasteiger partial charge in [0, 0.05) is 48.7 Å². The second-order valence-electron chi connectivity index (χ2n) is 11.0. The summed E-state index contributed by atoms with van der Waals surface area (Å²) in [6.07, 6.45) is 0. The van der Waals surface area contributed by atoms with Crippen molar-refractivity contribution in [2.24, 2.45) is 0 Å². The van der Waals surface area contributed by atoms with Crippen LogP contribution in [0.5, 0.6) is 0 Å². The minimum atomic E-state index is -0.941. The third-order valence-electron chi connectivity index (χ3n) is 8.12. The van der Waals surface area contributed by atoms with Gasteiger partial charge in [0.1, 0.15) is 11.4 Å². The molecule has 18 heteroatoms. The smallest absolute Gasteiger partial charge is 0.357 e. The van der Waals surface area contributed by atoms with Gasteiger partial charge >= 0.3 is 23.9 Å². The Morgan fingerprint density at radius 2 is 0.846 bits per heavy atom. The number of carbonyl (C=O) groups is 6. The van der Waals surface area contributed by atoms with Gasteiger partial charge in [-0.1, -0.05) is 0 Å². The first-order valence-corrected chi connectivity index (χ1v) is 16.1. The molecular formula is C34H30N6O10S2. The molecule has 2 N–H and O–H groups in total. The average Bonchev–Trinajstić information content (AvgIpc) is 3.18. The van der Waals surface area contributed by atoms with Gasteiger partial charge in [-0.25, -0.2) is 29.1 Å². The molecule has 1 aliphatic rings. The third-order valence-corrected chi connectivity index (χ3v) is 8.51. The molecule has 1 aliphatic heterocycles. The van der Waals surface area contributed by atoms with E-state index in [9.17, 15) is 28.8 Å². The van der Waals surface area contributed by atoms with E-state index in [1.165, 1.54) is 0 Å². The summed E-state index contributed by atoms with van der Waals surface area (Å²) in [4.78, 5) is 94.3. The summed E-state index contributed by atoms with van der Waals surface area (Å²) >= 11 is 10.1. The Bertz CT molecular complexity index is 1970. The van der Waals surface area contributed by atoms with Gasteiger partial charge in [-0.05, 0) is 73.0 Å². The lowest BCUT2D eigenvalue weighted by atomic mass is 9.99. The van der Waals surface area contributed by atoms with Crippen LogP contribution in [0.25, 0.3) is 0 Å². The van der Waals surface area contributed by atoms with Crippen LogP contribution >= 0.6 is 24.4 Å². The maximum Gasteiger partial charge on any atom is 0.357 e. The van der Waals surface area contributed by atoms with Crippen molar-refractivity contribution >= 4 is 71.3 Å². The second kappa shape index (κ2) is 15.8. The zero-order valence-corrected chi connectivity index (χ0v) is 29.8. The summed E-state index contributed by atoms with van der Waals surface area (Å²) < 4.78 is 18.7. The molecule has 0 radical (unpaired) electrons. The van der Waals surface area contributed by atoms with Crippen LogP contribution in [-0.4, -0.2) is 110 Å². The van der Waals surface area contributed by atoms with Crippen molar-refractivity contribution in [3.63, 3.8) is 0 Å². The van der Waals surface area contributed by atoms with Crippen LogP contribution in [0.15, 0.2) is 48.5 Å². The fourth-order valence-corrected chi connectivity index (χ4v) is 5.93. The van der Waals surface area contributed by atoms with Crippen LogP contribution in [0.4, 0.5) is 11.4 Å². The molecule has 0 unspecified atom stereocenters. The summed E-state index contributed by atoms with van der Waals surface area (Å²) in [7, 11) is 4.49. The van der Waals surface area contributed by atoms with Crippen molar-refractivity contribution in [2.45, 2.75) is 0 Å². The predicted octanol–water partition coefficient (Wildman–Crippen LogP) is 3.53. The number of nitrogens with one attached hydrogen (secondary N) is 2. The third kappa shape index (κ3) is 7.47. The Labute approximate surface area is 305 Å². The number of H-pyrrole nitrogens is 2. The molecule has 0 spiro atoms. The predicted molar refractivity (Wildman–Crippen MR) is 188 cm³/mol. The molecule has 0 bridgehead atoms. The van der Waals surface area contributed by atoms with Crippen molar-refractivity contribution in [1.82, 2.24) is 19.9 Å². The van der Waals surface area contributed by atoms with E-state index >= 15 is 0 Å². The van der Waals surface area contributed by atoms with Crippen LogP contribution in [-0.2, 0) is 18.9 Å². The lowest BCUT2D eigenvalue weighted by molar-refractivity contribution is 0.0568. The van der Waals surface area contributed by atoms with E-state index in [1.807, 2.05) is 0 Å². The van der Waals surface area contributed by atoms with E-state index in [-0.39, 0.29) is 43.2 Å². The first-order chi connectivity index (χ1) is 24.9. The monoisotopic (exact) mass is 746 g/mol. The highest BCUT2D eigenvalue weighted by Gasteiger charge is 2.31. The number of hydrogen-bond donors (Lipinski definition) is 2. The minimum Gasteiger partial charge on any atom is -0.464 e. The summed E-state index contributed by atoms with van der Waals surface area (Å²) in [6, 6.07) is 13.3. The van der Waals surface area contributed by atoms with Gasteiger partial charge in [-0.2, -0.15) is 0 Å². The number of ether oxygens (including phenoxy) is 4. The summed E-state index contributed by atoms with van der Waals surface area (Å²) in [5, 5.41) is 0. The van der Waals surface area contributed by atoms with Crippen molar-refractivity contribution in [2.75, 3.05) is 64.4 Å². The molecule has 1 saturated heterocycles. The second-order valence-corrected chi connectivity index (χ2v) is 11.7. The van der Waals surface area contributed by atoms with Crippen LogP contribution in [0.2, 0.25) is 0 Å². The van der Waals surface area contributed by atoms with Crippen LogP contribution in [0, 0.1) is 9.54 Å². The molecule has 52 heavy (non-hydrogen) atoms. The summed E-state index contributed by atoms with van der Waals surface area (Å²) in [6.45, 7) is 2.47. The topological polar surface area (TPSA) is 203 Å². The minimum absolute atomic E-state index is 0.186. The SMILES string of the molecule is COC(=O)c1nc(=S)[nH]c(C(=O)OC)c1C(=O)c1ccc(N2CCN(c3ccc(C(=O)c4c(C(=O)OC)nc(=S)[nH]c4C(=O)OC)cc3)CC2)cc1. The Balaban J connectivity index is 1.31.